The Morgan fingerprint density at radius 3 is 2.32 bits per heavy atom. The number of hydrogen-bond donors (Lipinski definition) is 1. The Kier molecular flexibility index (Phi) is 7.43. The second-order valence-electron chi connectivity index (χ2n) is 6.57. The van der Waals surface area contributed by atoms with Crippen LogP contribution in [0.25, 0.3) is 0 Å². The van der Waals surface area contributed by atoms with Crippen molar-refractivity contribution in [1.29, 1.82) is 0 Å². The summed E-state index contributed by atoms with van der Waals surface area (Å²) in [5, 5.41) is 4.84. The van der Waals surface area contributed by atoms with Gasteiger partial charge in [0.05, 0.1) is 18.2 Å². The number of rotatable bonds is 8. The molecule has 3 rings (SSSR count). The maximum atomic E-state index is 12.3. The van der Waals surface area contributed by atoms with E-state index in [4.69, 9.17) is 32.7 Å². The number of nitrogens with one attached hydrogen (secondary N) is 1. The Morgan fingerprint density at radius 2 is 1.68 bits per heavy atom. The average Bonchev–Trinajstić information content (AvgIpc) is 2.74. The lowest BCUT2D eigenvalue weighted by atomic mass is 10.2. The van der Waals surface area contributed by atoms with Crippen LogP contribution in [0.3, 0.4) is 0 Å². The molecule has 0 unspecified atom stereocenters. The Bertz CT molecular complexity index is 1180. The predicted octanol–water partition coefficient (Wildman–Crippen LogP) is 5.20. The minimum absolute atomic E-state index is 0.130. The molecule has 6 nitrogen and oxygen atoms in total. The van der Waals surface area contributed by atoms with Gasteiger partial charge in [0, 0.05) is 15.6 Å². The van der Waals surface area contributed by atoms with Crippen molar-refractivity contribution in [2.24, 2.45) is 5.10 Å². The quantitative estimate of drug-likeness (QED) is 0.356. The number of ether oxygens (including phenoxy) is 2. The highest BCUT2D eigenvalue weighted by Crippen LogP contribution is 2.31. The highest BCUT2D eigenvalue weighted by atomic mass is 35.5. The molecule has 3 aromatic carbocycles. The molecule has 0 saturated heterocycles. The smallest absolute Gasteiger partial charge is 0.276 e. The van der Waals surface area contributed by atoms with E-state index in [2.05, 4.69) is 9.93 Å². The van der Waals surface area contributed by atoms with Crippen LogP contribution in [0.4, 0.5) is 0 Å². The minimum Gasteiger partial charge on any atom is -0.493 e. The molecule has 162 valence electrons. The van der Waals surface area contributed by atoms with Gasteiger partial charge in [-0.25, -0.2) is 4.83 Å². The summed E-state index contributed by atoms with van der Waals surface area (Å²) >= 11 is 12.4. The van der Waals surface area contributed by atoms with E-state index >= 15 is 0 Å². The predicted molar refractivity (Wildman–Crippen MR) is 123 cm³/mol. The molecule has 0 aromatic heterocycles. The first-order valence-electron chi connectivity index (χ1n) is 9.15. The summed E-state index contributed by atoms with van der Waals surface area (Å²) in [6, 6.07) is 16.8. The molecule has 9 heteroatoms. The van der Waals surface area contributed by atoms with Gasteiger partial charge in [-0.3, -0.25) is 0 Å². The third-order valence-electron chi connectivity index (χ3n) is 4.34. The van der Waals surface area contributed by atoms with Gasteiger partial charge in [-0.1, -0.05) is 47.0 Å². The standard InChI is InChI=1S/C22H20Cl2N2O4S/c1-15-6-9-17(10-7-15)31(27,28)26-25-13-16-8-11-21(29-2)22(12-16)30-14-18-19(23)4-3-5-20(18)24/h3-13,26H,14H2,1-2H3. The summed E-state index contributed by atoms with van der Waals surface area (Å²) in [7, 11) is -2.24. The molecule has 0 aliphatic carbocycles. The van der Waals surface area contributed by atoms with Crippen molar-refractivity contribution in [2.45, 2.75) is 18.4 Å². The fourth-order valence-corrected chi connectivity index (χ4v) is 3.94. The van der Waals surface area contributed by atoms with Gasteiger partial charge in [-0.05, 0) is 55.0 Å². The Morgan fingerprint density at radius 1 is 1.00 bits per heavy atom. The molecule has 31 heavy (non-hydrogen) atoms. The SMILES string of the molecule is COc1ccc(C=NNS(=O)(=O)c2ccc(C)cc2)cc1OCc1c(Cl)cccc1Cl. The number of nitrogens with zero attached hydrogens (tertiary/aromatic N) is 1. The van der Waals surface area contributed by atoms with Gasteiger partial charge < -0.3 is 9.47 Å². The monoisotopic (exact) mass is 478 g/mol. The van der Waals surface area contributed by atoms with Crippen LogP contribution in [0.5, 0.6) is 11.5 Å². The molecule has 0 spiro atoms. The highest BCUT2D eigenvalue weighted by Gasteiger charge is 2.12. The van der Waals surface area contributed by atoms with Gasteiger partial charge in [0.1, 0.15) is 6.61 Å². The molecular formula is C22H20Cl2N2O4S. The number of benzene rings is 3. The molecule has 0 amide bonds. The van der Waals surface area contributed by atoms with Crippen molar-refractivity contribution in [1.82, 2.24) is 4.83 Å². The maximum Gasteiger partial charge on any atom is 0.276 e. The van der Waals surface area contributed by atoms with Crippen molar-refractivity contribution >= 4 is 39.4 Å². The third kappa shape index (κ3) is 5.91. The van der Waals surface area contributed by atoms with Gasteiger partial charge in [0.2, 0.25) is 0 Å². The second-order valence-corrected chi connectivity index (χ2v) is 9.04. The van der Waals surface area contributed by atoms with E-state index in [1.807, 2.05) is 6.92 Å². The first kappa shape index (κ1) is 22.9. The molecule has 0 radical (unpaired) electrons. The van der Waals surface area contributed by atoms with E-state index < -0.39 is 10.0 Å². The molecule has 0 atom stereocenters. The summed E-state index contributed by atoms with van der Waals surface area (Å²) in [6.07, 6.45) is 1.38. The number of sulfonamides is 1. The molecule has 1 N–H and O–H groups in total. The lowest BCUT2D eigenvalue weighted by Crippen LogP contribution is -2.18. The number of hydrogen-bond acceptors (Lipinski definition) is 5. The largest absolute Gasteiger partial charge is 0.493 e. The number of methoxy groups -OCH3 is 1. The summed E-state index contributed by atoms with van der Waals surface area (Å²) in [6.45, 7) is 2.01. The summed E-state index contributed by atoms with van der Waals surface area (Å²) in [4.78, 5) is 2.33. The van der Waals surface area contributed by atoms with E-state index in [-0.39, 0.29) is 11.5 Å². The molecule has 0 heterocycles. The zero-order valence-electron chi connectivity index (χ0n) is 16.8. The minimum atomic E-state index is -3.76. The zero-order chi connectivity index (χ0) is 22.4. The molecular weight excluding hydrogens is 459 g/mol. The highest BCUT2D eigenvalue weighted by molar-refractivity contribution is 7.89. The Hall–Kier alpha value is -2.74. The van der Waals surface area contributed by atoms with Crippen LogP contribution in [0.15, 0.2) is 70.7 Å². The van der Waals surface area contributed by atoms with E-state index in [9.17, 15) is 8.42 Å². The Balaban J connectivity index is 1.74. The molecule has 3 aromatic rings. The lowest BCUT2D eigenvalue weighted by molar-refractivity contribution is 0.284. The van der Waals surface area contributed by atoms with Crippen LogP contribution in [0.2, 0.25) is 10.0 Å². The van der Waals surface area contributed by atoms with Gasteiger partial charge >= 0.3 is 0 Å². The summed E-state index contributed by atoms with van der Waals surface area (Å²) < 4.78 is 35.8. The van der Waals surface area contributed by atoms with Gasteiger partial charge in [-0.15, -0.1) is 0 Å². The summed E-state index contributed by atoms with van der Waals surface area (Å²) in [5.41, 5.74) is 2.22. The number of aryl methyl sites for hydroxylation is 1. The van der Waals surface area contributed by atoms with Crippen molar-refractivity contribution in [3.8, 4) is 11.5 Å². The van der Waals surface area contributed by atoms with Crippen molar-refractivity contribution in [3.05, 3.63) is 87.4 Å². The van der Waals surface area contributed by atoms with Gasteiger partial charge in [0.25, 0.3) is 10.0 Å². The molecule has 0 bridgehead atoms. The zero-order valence-corrected chi connectivity index (χ0v) is 19.1. The van der Waals surface area contributed by atoms with Crippen LogP contribution < -0.4 is 14.3 Å². The van der Waals surface area contributed by atoms with E-state index in [0.717, 1.165) is 5.56 Å². The maximum absolute atomic E-state index is 12.3. The fraction of sp³-hybridized carbons (Fsp3) is 0.136. The summed E-state index contributed by atoms with van der Waals surface area (Å²) in [5.74, 6) is 0.935. The normalized spacial score (nSPS) is 11.5. The first-order valence-corrected chi connectivity index (χ1v) is 11.4. The van der Waals surface area contributed by atoms with Gasteiger partial charge in [-0.2, -0.15) is 13.5 Å². The lowest BCUT2D eigenvalue weighted by Gasteiger charge is -2.13. The second kappa shape index (κ2) is 10.0. The van der Waals surface area contributed by atoms with E-state index in [1.165, 1.54) is 25.5 Å². The fourth-order valence-electron chi connectivity index (χ4n) is 2.65. The average molecular weight is 479 g/mol. The topological polar surface area (TPSA) is 77.0 Å². The van der Waals surface area contributed by atoms with Crippen LogP contribution in [0, 0.1) is 6.92 Å². The molecule has 0 fully saturated rings. The molecule has 0 saturated carbocycles. The van der Waals surface area contributed by atoms with Crippen molar-refractivity contribution in [3.63, 3.8) is 0 Å². The molecule has 0 aliphatic heterocycles. The molecule has 0 aliphatic rings. The van der Waals surface area contributed by atoms with Crippen LogP contribution in [0.1, 0.15) is 16.7 Å². The first-order chi connectivity index (χ1) is 14.8. The van der Waals surface area contributed by atoms with Crippen LogP contribution in [-0.2, 0) is 16.6 Å². The number of halogens is 2. The van der Waals surface area contributed by atoms with Gasteiger partial charge in [0.15, 0.2) is 11.5 Å². The van der Waals surface area contributed by atoms with E-state index in [0.29, 0.717) is 32.7 Å². The van der Waals surface area contributed by atoms with Crippen LogP contribution >= 0.6 is 23.2 Å². The third-order valence-corrected chi connectivity index (χ3v) is 6.29. The van der Waals surface area contributed by atoms with Crippen LogP contribution in [-0.4, -0.2) is 21.7 Å². The Labute approximate surface area is 191 Å². The van der Waals surface area contributed by atoms with Crippen molar-refractivity contribution < 1.29 is 17.9 Å². The van der Waals surface area contributed by atoms with Crippen molar-refractivity contribution in [2.75, 3.05) is 7.11 Å². The number of hydrazone groups is 1. The van der Waals surface area contributed by atoms with E-state index in [1.54, 1.807) is 48.5 Å².